The molecule has 3 nitrogen and oxygen atoms in total. The van der Waals surface area contributed by atoms with E-state index in [-0.39, 0.29) is 5.54 Å². The molecule has 3 rings (SSSR count). The fourth-order valence-electron chi connectivity index (χ4n) is 2.71. The highest BCUT2D eigenvalue weighted by Gasteiger charge is 2.62. The minimum atomic E-state index is -0.494. The molecule has 110 valence electrons. The average Bonchev–Trinajstić information content (AvgIpc) is 3.25. The van der Waals surface area contributed by atoms with E-state index >= 15 is 0 Å². The Bertz CT molecular complexity index is 616. The second-order valence-corrected chi connectivity index (χ2v) is 6.30. The average molecular weight is 283 g/mol. The lowest BCUT2D eigenvalue weighted by Gasteiger charge is -2.22. The Labute approximate surface area is 126 Å². The molecule has 0 radical (unpaired) electrons. The SMILES string of the molecule is COc1ccc([C@]2(c3ccccc3)ON2C(C)(C)C)cc1. The molecule has 1 aliphatic heterocycles. The van der Waals surface area contributed by atoms with Crippen LogP contribution in [0.1, 0.15) is 31.9 Å². The molecular weight excluding hydrogens is 262 g/mol. The van der Waals surface area contributed by atoms with Crippen molar-refractivity contribution in [2.24, 2.45) is 0 Å². The van der Waals surface area contributed by atoms with Crippen LogP contribution in [0.3, 0.4) is 0 Å². The van der Waals surface area contributed by atoms with Crippen LogP contribution >= 0.6 is 0 Å². The maximum atomic E-state index is 6.11. The van der Waals surface area contributed by atoms with Gasteiger partial charge >= 0.3 is 0 Å². The van der Waals surface area contributed by atoms with Crippen molar-refractivity contribution in [1.29, 1.82) is 0 Å². The highest BCUT2D eigenvalue weighted by Crippen LogP contribution is 2.54. The van der Waals surface area contributed by atoms with Crippen molar-refractivity contribution in [3.63, 3.8) is 0 Å². The number of hydrogen-bond donors (Lipinski definition) is 0. The Morgan fingerprint density at radius 3 is 1.95 bits per heavy atom. The summed E-state index contributed by atoms with van der Waals surface area (Å²) in [6.07, 6.45) is 0. The number of hydrogen-bond acceptors (Lipinski definition) is 3. The lowest BCUT2D eigenvalue weighted by molar-refractivity contribution is 0.101. The minimum absolute atomic E-state index is 0.0736. The Hall–Kier alpha value is -1.84. The van der Waals surface area contributed by atoms with E-state index in [2.05, 4.69) is 50.1 Å². The first kappa shape index (κ1) is 14.1. The predicted octanol–water partition coefficient (Wildman–Crippen LogP) is 3.94. The Morgan fingerprint density at radius 2 is 1.48 bits per heavy atom. The van der Waals surface area contributed by atoms with Crippen LogP contribution in [0, 0.1) is 0 Å². The summed E-state index contributed by atoms with van der Waals surface area (Å²) in [7, 11) is 1.68. The summed E-state index contributed by atoms with van der Waals surface area (Å²) in [5.41, 5.74) is 1.69. The van der Waals surface area contributed by atoms with Gasteiger partial charge in [0.15, 0.2) is 0 Å². The van der Waals surface area contributed by atoms with E-state index in [1.807, 2.05) is 30.3 Å². The van der Waals surface area contributed by atoms with Crippen LogP contribution in [0.15, 0.2) is 54.6 Å². The van der Waals surface area contributed by atoms with Gasteiger partial charge < -0.3 is 4.74 Å². The molecule has 1 saturated heterocycles. The fourth-order valence-corrected chi connectivity index (χ4v) is 2.71. The third-order valence-electron chi connectivity index (χ3n) is 3.73. The van der Waals surface area contributed by atoms with Gasteiger partial charge in [0, 0.05) is 16.7 Å². The molecule has 1 unspecified atom stereocenters. The first-order valence-corrected chi connectivity index (χ1v) is 7.18. The summed E-state index contributed by atoms with van der Waals surface area (Å²) < 4.78 is 5.25. The highest BCUT2D eigenvalue weighted by molar-refractivity contribution is 5.41. The van der Waals surface area contributed by atoms with E-state index in [1.54, 1.807) is 7.11 Å². The van der Waals surface area contributed by atoms with Crippen molar-refractivity contribution in [3.8, 4) is 5.75 Å². The Kier molecular flexibility index (Phi) is 3.27. The van der Waals surface area contributed by atoms with Crippen LogP contribution in [0.4, 0.5) is 0 Å². The van der Waals surface area contributed by atoms with E-state index in [9.17, 15) is 0 Å². The van der Waals surface area contributed by atoms with Crippen molar-refractivity contribution in [3.05, 3.63) is 65.7 Å². The highest BCUT2D eigenvalue weighted by atomic mass is 16.9. The summed E-state index contributed by atoms with van der Waals surface area (Å²) in [6.45, 7) is 6.46. The molecule has 2 atom stereocenters. The maximum Gasteiger partial charge on any atom is 0.216 e. The van der Waals surface area contributed by atoms with Crippen LogP contribution in [-0.4, -0.2) is 17.7 Å². The van der Waals surface area contributed by atoms with Crippen molar-refractivity contribution >= 4 is 0 Å². The number of methoxy groups -OCH3 is 1. The second-order valence-electron chi connectivity index (χ2n) is 6.30. The van der Waals surface area contributed by atoms with Gasteiger partial charge in [-0.15, -0.1) is 5.06 Å². The van der Waals surface area contributed by atoms with Gasteiger partial charge in [-0.25, -0.2) is 0 Å². The smallest absolute Gasteiger partial charge is 0.216 e. The Morgan fingerprint density at radius 1 is 0.905 bits per heavy atom. The molecule has 0 aliphatic carbocycles. The fraction of sp³-hybridized carbons (Fsp3) is 0.333. The van der Waals surface area contributed by atoms with Crippen molar-refractivity contribution in [1.82, 2.24) is 5.06 Å². The molecular formula is C18H21NO2. The van der Waals surface area contributed by atoms with Crippen LogP contribution in [-0.2, 0) is 10.6 Å². The second kappa shape index (κ2) is 4.86. The number of benzene rings is 2. The standard InChI is InChI=1S/C18H21NO2/c1-17(2,3)19-18(21-19,14-8-6-5-7-9-14)15-10-12-16(20-4)13-11-15/h5-13H,1-4H3/t18-,19?/m0/s1. The van der Waals surface area contributed by atoms with Gasteiger partial charge in [-0.3, -0.25) is 4.84 Å². The normalized spacial score (nSPS) is 24.7. The minimum Gasteiger partial charge on any atom is -0.497 e. The molecule has 1 heterocycles. The van der Waals surface area contributed by atoms with E-state index in [0.29, 0.717) is 0 Å². The zero-order chi connectivity index (χ0) is 15.1. The summed E-state index contributed by atoms with van der Waals surface area (Å²) in [5, 5.41) is 2.05. The van der Waals surface area contributed by atoms with Gasteiger partial charge in [0.2, 0.25) is 5.72 Å². The summed E-state index contributed by atoms with van der Waals surface area (Å²) in [4.78, 5) is 6.11. The third kappa shape index (κ3) is 2.33. The van der Waals surface area contributed by atoms with Gasteiger partial charge in [0.05, 0.1) is 7.11 Å². The van der Waals surface area contributed by atoms with Crippen molar-refractivity contribution < 1.29 is 9.57 Å². The van der Waals surface area contributed by atoms with Crippen LogP contribution < -0.4 is 4.74 Å². The Balaban J connectivity index is 2.06. The molecule has 2 aromatic carbocycles. The van der Waals surface area contributed by atoms with Gasteiger partial charge in [-0.05, 0) is 32.9 Å². The molecule has 1 fully saturated rings. The molecule has 21 heavy (non-hydrogen) atoms. The molecule has 0 aromatic heterocycles. The van der Waals surface area contributed by atoms with E-state index in [0.717, 1.165) is 16.9 Å². The van der Waals surface area contributed by atoms with Gasteiger partial charge in [-0.1, -0.05) is 42.5 Å². The summed E-state index contributed by atoms with van der Waals surface area (Å²) in [6, 6.07) is 18.4. The lowest BCUT2D eigenvalue weighted by Crippen LogP contribution is -2.32. The molecule has 3 heteroatoms. The van der Waals surface area contributed by atoms with Crippen LogP contribution in [0.2, 0.25) is 0 Å². The van der Waals surface area contributed by atoms with Crippen molar-refractivity contribution in [2.45, 2.75) is 32.0 Å². The van der Waals surface area contributed by atoms with E-state index in [4.69, 9.17) is 9.57 Å². The quantitative estimate of drug-likeness (QED) is 0.798. The van der Waals surface area contributed by atoms with Gasteiger partial charge in [0.25, 0.3) is 0 Å². The molecule has 0 bridgehead atoms. The predicted molar refractivity (Wildman–Crippen MR) is 82.9 cm³/mol. The number of hydroxylamine groups is 2. The van der Waals surface area contributed by atoms with E-state index < -0.39 is 5.72 Å². The lowest BCUT2D eigenvalue weighted by atomic mass is 9.94. The van der Waals surface area contributed by atoms with Gasteiger partial charge in [-0.2, -0.15) is 0 Å². The monoisotopic (exact) mass is 283 g/mol. The zero-order valence-corrected chi connectivity index (χ0v) is 13.0. The molecule has 0 amide bonds. The van der Waals surface area contributed by atoms with E-state index in [1.165, 1.54) is 0 Å². The van der Waals surface area contributed by atoms with Crippen LogP contribution in [0.25, 0.3) is 0 Å². The molecule has 0 saturated carbocycles. The third-order valence-corrected chi connectivity index (χ3v) is 3.73. The maximum absolute atomic E-state index is 6.11. The topological polar surface area (TPSA) is 24.8 Å². The summed E-state index contributed by atoms with van der Waals surface area (Å²) >= 11 is 0. The van der Waals surface area contributed by atoms with Gasteiger partial charge in [0.1, 0.15) is 5.75 Å². The summed E-state index contributed by atoms with van der Waals surface area (Å²) in [5.74, 6) is 0.852. The largest absolute Gasteiger partial charge is 0.497 e. The number of nitrogens with zero attached hydrogens (tertiary/aromatic N) is 1. The molecule has 0 spiro atoms. The van der Waals surface area contributed by atoms with Crippen molar-refractivity contribution in [2.75, 3.05) is 7.11 Å². The molecule has 0 N–H and O–H groups in total. The number of ether oxygens (including phenoxy) is 1. The number of rotatable bonds is 3. The first-order chi connectivity index (χ1) is 9.98. The first-order valence-electron chi connectivity index (χ1n) is 7.18. The van der Waals surface area contributed by atoms with Crippen LogP contribution in [0.5, 0.6) is 5.75 Å². The molecule has 2 aromatic rings. The molecule has 1 aliphatic rings. The zero-order valence-electron chi connectivity index (χ0n) is 13.0.